The number of benzene rings is 1. The van der Waals surface area contributed by atoms with Gasteiger partial charge in [0.15, 0.2) is 0 Å². The van der Waals surface area contributed by atoms with E-state index < -0.39 is 35.7 Å². The number of aliphatic hydroxyl groups excluding tert-OH is 1. The van der Waals surface area contributed by atoms with Crippen molar-refractivity contribution in [3.63, 3.8) is 0 Å². The van der Waals surface area contributed by atoms with E-state index >= 15 is 0 Å². The number of anilines is 1. The molecule has 0 radical (unpaired) electrons. The van der Waals surface area contributed by atoms with Crippen LogP contribution in [0.1, 0.15) is 23.0 Å². The second-order valence-corrected chi connectivity index (χ2v) is 6.91. The van der Waals surface area contributed by atoms with E-state index in [0.29, 0.717) is 0 Å². The van der Waals surface area contributed by atoms with Crippen LogP contribution in [0.25, 0.3) is 11.1 Å². The zero-order valence-electron chi connectivity index (χ0n) is 16.2. The molecule has 2 heterocycles. The first-order valence-corrected chi connectivity index (χ1v) is 9.20. The highest BCUT2D eigenvalue weighted by molar-refractivity contribution is 6.01. The highest BCUT2D eigenvalue weighted by atomic mass is 19.1. The van der Waals surface area contributed by atoms with Gasteiger partial charge in [-0.05, 0) is 31.2 Å². The minimum Gasteiger partial charge on any atom is -0.443 e. The van der Waals surface area contributed by atoms with Crippen molar-refractivity contribution in [3.8, 4) is 11.1 Å². The fourth-order valence-corrected chi connectivity index (χ4v) is 3.33. The fraction of sp³-hybridized carbons (Fsp3) is 0.300. The predicted molar refractivity (Wildman–Crippen MR) is 105 cm³/mol. The number of aliphatic hydroxyl groups is 1. The summed E-state index contributed by atoms with van der Waals surface area (Å²) in [4.78, 5) is 40.7. The van der Waals surface area contributed by atoms with Gasteiger partial charge in [-0.1, -0.05) is 0 Å². The number of ether oxygens (including phenoxy) is 1. The molecular formula is C20H21FN4O5. The molecule has 0 aliphatic carbocycles. The van der Waals surface area contributed by atoms with Gasteiger partial charge in [0.1, 0.15) is 11.9 Å². The Kier molecular flexibility index (Phi) is 5.97. The van der Waals surface area contributed by atoms with E-state index in [4.69, 9.17) is 16.2 Å². The molecule has 10 heteroatoms. The monoisotopic (exact) mass is 416 g/mol. The Morgan fingerprint density at radius 3 is 2.67 bits per heavy atom. The Bertz CT molecular complexity index is 1010. The lowest BCUT2D eigenvalue weighted by Crippen LogP contribution is -2.34. The Morgan fingerprint density at radius 1 is 1.33 bits per heavy atom. The number of carbonyl (C=O) groups is 3. The number of nitrogens with zero attached hydrogens (tertiary/aromatic N) is 2. The number of amides is 3. The van der Waals surface area contributed by atoms with Gasteiger partial charge in [0, 0.05) is 30.4 Å². The van der Waals surface area contributed by atoms with E-state index in [-0.39, 0.29) is 47.6 Å². The SMILES string of the molecule is CC(C(N)=O)C1CN(c2ccc(-c3ccnc(CCO)c3C(N)=O)c(F)c2)C(=O)O1. The molecule has 2 unspecified atom stereocenters. The predicted octanol–water partition coefficient (Wildman–Crippen LogP) is 0.968. The van der Waals surface area contributed by atoms with Crippen LogP contribution in [-0.4, -0.2) is 47.3 Å². The van der Waals surface area contributed by atoms with Crippen LogP contribution in [0.4, 0.5) is 14.9 Å². The van der Waals surface area contributed by atoms with Crippen LogP contribution < -0.4 is 16.4 Å². The summed E-state index contributed by atoms with van der Waals surface area (Å²) in [6.45, 7) is 1.34. The molecule has 1 aliphatic heterocycles. The largest absolute Gasteiger partial charge is 0.443 e. The first-order valence-electron chi connectivity index (χ1n) is 9.20. The van der Waals surface area contributed by atoms with Crippen molar-refractivity contribution in [1.29, 1.82) is 0 Å². The molecule has 0 spiro atoms. The molecule has 0 saturated carbocycles. The van der Waals surface area contributed by atoms with Crippen molar-refractivity contribution in [2.24, 2.45) is 17.4 Å². The van der Waals surface area contributed by atoms with E-state index in [1.807, 2.05) is 0 Å². The normalized spacial score (nSPS) is 17.0. The van der Waals surface area contributed by atoms with Gasteiger partial charge in [-0.2, -0.15) is 0 Å². The molecule has 158 valence electrons. The van der Waals surface area contributed by atoms with Gasteiger partial charge in [-0.15, -0.1) is 0 Å². The van der Waals surface area contributed by atoms with Crippen LogP contribution in [0.3, 0.4) is 0 Å². The first-order chi connectivity index (χ1) is 14.2. The molecule has 5 N–H and O–H groups in total. The molecule has 2 atom stereocenters. The van der Waals surface area contributed by atoms with Crippen LogP contribution in [-0.2, 0) is 16.0 Å². The smallest absolute Gasteiger partial charge is 0.414 e. The number of nitrogens with two attached hydrogens (primary N) is 2. The van der Waals surface area contributed by atoms with Gasteiger partial charge >= 0.3 is 6.09 Å². The molecule has 30 heavy (non-hydrogen) atoms. The van der Waals surface area contributed by atoms with Gasteiger partial charge in [-0.25, -0.2) is 9.18 Å². The number of aromatic nitrogens is 1. The third-order valence-electron chi connectivity index (χ3n) is 5.02. The topological polar surface area (TPSA) is 149 Å². The number of pyridine rings is 1. The van der Waals surface area contributed by atoms with Crippen LogP contribution in [0, 0.1) is 11.7 Å². The summed E-state index contributed by atoms with van der Waals surface area (Å²) < 4.78 is 20.2. The van der Waals surface area contributed by atoms with Crippen LogP contribution in [0.2, 0.25) is 0 Å². The average molecular weight is 416 g/mol. The summed E-state index contributed by atoms with van der Waals surface area (Å²) in [5.74, 6) is -2.79. The standard InChI is InChI=1S/C20H21FN4O5/c1-10(18(22)27)16-9-25(20(29)30-16)11-2-3-12(14(21)8-11)13-4-6-24-15(5-7-26)17(13)19(23)28/h2-4,6,8,10,16,26H,5,7,9H2,1H3,(H2,22,27)(H2,23,28). The van der Waals surface area contributed by atoms with Crippen molar-refractivity contribution in [3.05, 3.63) is 47.5 Å². The van der Waals surface area contributed by atoms with Crippen LogP contribution in [0.15, 0.2) is 30.5 Å². The Hall–Kier alpha value is -3.53. The third-order valence-corrected chi connectivity index (χ3v) is 5.02. The Morgan fingerprint density at radius 2 is 2.07 bits per heavy atom. The molecule has 1 fully saturated rings. The number of primary amides is 2. The quantitative estimate of drug-likeness (QED) is 0.612. The number of hydrogen-bond acceptors (Lipinski definition) is 6. The lowest BCUT2D eigenvalue weighted by Gasteiger charge is -2.16. The van der Waals surface area contributed by atoms with E-state index in [2.05, 4.69) is 4.98 Å². The van der Waals surface area contributed by atoms with Gasteiger partial charge in [0.05, 0.1) is 29.4 Å². The van der Waals surface area contributed by atoms with Gasteiger partial charge in [0.25, 0.3) is 5.91 Å². The lowest BCUT2D eigenvalue weighted by atomic mass is 9.96. The number of cyclic esters (lactones) is 1. The summed E-state index contributed by atoms with van der Waals surface area (Å²) >= 11 is 0. The highest BCUT2D eigenvalue weighted by Crippen LogP contribution is 2.32. The second kappa shape index (κ2) is 8.46. The molecule has 1 aromatic heterocycles. The average Bonchev–Trinajstić information content (AvgIpc) is 3.08. The van der Waals surface area contributed by atoms with Crippen molar-refractivity contribution in [2.45, 2.75) is 19.4 Å². The molecule has 1 aromatic carbocycles. The van der Waals surface area contributed by atoms with E-state index in [1.54, 1.807) is 6.92 Å². The van der Waals surface area contributed by atoms with Gasteiger partial charge in [0.2, 0.25) is 5.91 Å². The zero-order chi connectivity index (χ0) is 22.0. The summed E-state index contributed by atoms with van der Waals surface area (Å²) in [7, 11) is 0. The van der Waals surface area contributed by atoms with Crippen molar-refractivity contribution >= 4 is 23.6 Å². The number of halogens is 1. The maximum absolute atomic E-state index is 15.0. The fourth-order valence-electron chi connectivity index (χ4n) is 3.33. The molecular weight excluding hydrogens is 395 g/mol. The molecule has 9 nitrogen and oxygen atoms in total. The molecule has 3 rings (SSSR count). The molecule has 1 saturated heterocycles. The maximum atomic E-state index is 15.0. The number of rotatable bonds is 7. The molecule has 3 amide bonds. The number of hydrogen-bond donors (Lipinski definition) is 3. The molecule has 0 bridgehead atoms. The van der Waals surface area contributed by atoms with E-state index in [1.165, 1.54) is 29.3 Å². The summed E-state index contributed by atoms with van der Waals surface area (Å²) in [5.41, 5.74) is 11.5. The van der Waals surface area contributed by atoms with Crippen LogP contribution >= 0.6 is 0 Å². The molecule has 1 aliphatic rings. The van der Waals surface area contributed by atoms with Crippen molar-refractivity contribution in [2.75, 3.05) is 18.1 Å². The van der Waals surface area contributed by atoms with Gasteiger partial charge in [-0.3, -0.25) is 19.5 Å². The minimum absolute atomic E-state index is 0.0223. The maximum Gasteiger partial charge on any atom is 0.414 e. The van der Waals surface area contributed by atoms with Crippen molar-refractivity contribution < 1.29 is 28.6 Å². The van der Waals surface area contributed by atoms with E-state index in [9.17, 15) is 23.9 Å². The Balaban J connectivity index is 1.96. The van der Waals surface area contributed by atoms with E-state index in [0.717, 1.165) is 6.07 Å². The number of carbonyl (C=O) groups excluding carboxylic acids is 3. The highest BCUT2D eigenvalue weighted by Gasteiger charge is 2.38. The second-order valence-electron chi connectivity index (χ2n) is 6.91. The van der Waals surface area contributed by atoms with Gasteiger partial charge < -0.3 is 21.3 Å². The minimum atomic E-state index is -0.795. The van der Waals surface area contributed by atoms with Crippen LogP contribution in [0.5, 0.6) is 0 Å². The summed E-state index contributed by atoms with van der Waals surface area (Å²) in [6.07, 6.45) is 0.0335. The summed E-state index contributed by atoms with van der Waals surface area (Å²) in [5, 5.41) is 9.17. The van der Waals surface area contributed by atoms with Crippen molar-refractivity contribution in [1.82, 2.24) is 4.98 Å². The summed E-state index contributed by atoms with van der Waals surface area (Å²) in [6, 6.07) is 5.49. The zero-order valence-corrected chi connectivity index (χ0v) is 16.2. The first kappa shape index (κ1) is 21.2. The Labute approximate surface area is 171 Å². The molecule has 2 aromatic rings. The lowest BCUT2D eigenvalue weighted by molar-refractivity contribution is -0.123. The third kappa shape index (κ3) is 3.94.